The first kappa shape index (κ1) is 14.4. The fourth-order valence-electron chi connectivity index (χ4n) is 1.52. The van der Waals surface area contributed by atoms with Crippen molar-refractivity contribution in [1.82, 2.24) is 4.90 Å². The molecule has 1 amide bonds. The summed E-state index contributed by atoms with van der Waals surface area (Å²) in [6.07, 6.45) is 4.03. The smallest absolute Gasteiger partial charge is 0.239 e. The van der Waals surface area contributed by atoms with Crippen LogP contribution in [0.25, 0.3) is 0 Å². The lowest BCUT2D eigenvalue weighted by Gasteiger charge is -2.23. The quantitative estimate of drug-likeness (QED) is 0.704. The van der Waals surface area contributed by atoms with Crippen LogP contribution in [0.15, 0.2) is 0 Å². The van der Waals surface area contributed by atoms with Crippen molar-refractivity contribution >= 4 is 5.91 Å². The van der Waals surface area contributed by atoms with Gasteiger partial charge in [-0.2, -0.15) is 0 Å². The molecule has 3 heteroatoms. The Morgan fingerprint density at radius 3 is 2.47 bits per heavy atom. The summed E-state index contributed by atoms with van der Waals surface area (Å²) in [5, 5.41) is 0. The van der Waals surface area contributed by atoms with Crippen LogP contribution in [-0.4, -0.2) is 30.4 Å². The zero-order valence-corrected chi connectivity index (χ0v) is 10.6. The Morgan fingerprint density at radius 1 is 1.40 bits per heavy atom. The fourth-order valence-corrected chi connectivity index (χ4v) is 1.52. The Bertz CT molecular complexity index is 182. The van der Waals surface area contributed by atoms with E-state index in [-0.39, 0.29) is 11.9 Å². The van der Waals surface area contributed by atoms with Crippen LogP contribution in [0.5, 0.6) is 0 Å². The number of likely N-dealkylation sites (N-methyl/N-ethyl adjacent to an activating group) is 1. The Kier molecular flexibility index (Phi) is 7.39. The van der Waals surface area contributed by atoms with Crippen molar-refractivity contribution in [2.75, 3.05) is 13.6 Å². The molecule has 0 bridgehead atoms. The van der Waals surface area contributed by atoms with Crippen LogP contribution in [-0.2, 0) is 4.79 Å². The van der Waals surface area contributed by atoms with Crippen molar-refractivity contribution in [3.63, 3.8) is 0 Å². The van der Waals surface area contributed by atoms with Gasteiger partial charge in [0.2, 0.25) is 5.91 Å². The molecule has 0 aliphatic heterocycles. The highest BCUT2D eigenvalue weighted by Gasteiger charge is 2.18. The zero-order valence-electron chi connectivity index (χ0n) is 10.6. The summed E-state index contributed by atoms with van der Waals surface area (Å²) in [7, 11) is 1.85. The van der Waals surface area contributed by atoms with Crippen LogP contribution in [0, 0.1) is 5.92 Å². The first-order chi connectivity index (χ1) is 7.02. The Morgan fingerprint density at radius 2 is 2.00 bits per heavy atom. The number of nitrogens with zero attached hydrogens (tertiary/aromatic N) is 1. The van der Waals surface area contributed by atoms with Crippen molar-refractivity contribution in [3.05, 3.63) is 0 Å². The molecule has 0 rings (SSSR count). The summed E-state index contributed by atoms with van der Waals surface area (Å²) in [6, 6.07) is -0.306. The van der Waals surface area contributed by atoms with Gasteiger partial charge in [0.15, 0.2) is 0 Å². The Hall–Kier alpha value is -0.570. The molecule has 0 saturated carbocycles. The molecule has 90 valence electrons. The standard InChI is InChI=1S/C12H26N2O/c1-5-7-8-11(13)12(15)14(4)9-10(3)6-2/h10-11H,5-9,13H2,1-4H3/t10?,11-/m0/s1. The van der Waals surface area contributed by atoms with Gasteiger partial charge in [-0.15, -0.1) is 0 Å². The van der Waals surface area contributed by atoms with E-state index < -0.39 is 0 Å². The van der Waals surface area contributed by atoms with Gasteiger partial charge in [0, 0.05) is 13.6 Å². The van der Waals surface area contributed by atoms with Crippen LogP contribution >= 0.6 is 0 Å². The number of carbonyl (C=O) groups is 1. The van der Waals surface area contributed by atoms with Gasteiger partial charge in [-0.3, -0.25) is 4.79 Å². The third-order valence-electron chi connectivity index (χ3n) is 2.84. The molecule has 0 heterocycles. The highest BCUT2D eigenvalue weighted by molar-refractivity contribution is 5.81. The van der Waals surface area contributed by atoms with Gasteiger partial charge in [-0.05, 0) is 12.3 Å². The highest BCUT2D eigenvalue weighted by Crippen LogP contribution is 2.06. The Balaban J connectivity index is 3.95. The molecule has 0 aromatic rings. The van der Waals surface area contributed by atoms with Gasteiger partial charge in [0.05, 0.1) is 6.04 Å². The molecule has 2 N–H and O–H groups in total. The van der Waals surface area contributed by atoms with E-state index in [1.807, 2.05) is 7.05 Å². The minimum Gasteiger partial charge on any atom is -0.344 e. The molecular formula is C12H26N2O. The number of rotatable bonds is 7. The summed E-state index contributed by atoms with van der Waals surface area (Å²) in [6.45, 7) is 7.22. The number of hydrogen-bond acceptors (Lipinski definition) is 2. The Labute approximate surface area is 94.0 Å². The van der Waals surface area contributed by atoms with Crippen molar-refractivity contribution in [1.29, 1.82) is 0 Å². The largest absolute Gasteiger partial charge is 0.344 e. The molecule has 0 saturated heterocycles. The third-order valence-corrected chi connectivity index (χ3v) is 2.84. The zero-order chi connectivity index (χ0) is 11.8. The molecule has 0 aliphatic carbocycles. The third kappa shape index (κ3) is 5.78. The SMILES string of the molecule is CCCC[C@H](N)C(=O)N(C)CC(C)CC. The van der Waals surface area contributed by atoms with Crippen LogP contribution in [0.4, 0.5) is 0 Å². The molecule has 0 fully saturated rings. The predicted molar refractivity (Wildman–Crippen MR) is 64.6 cm³/mol. The maximum absolute atomic E-state index is 11.8. The van der Waals surface area contributed by atoms with E-state index in [1.165, 1.54) is 0 Å². The van der Waals surface area contributed by atoms with Gasteiger partial charge in [0.1, 0.15) is 0 Å². The number of carbonyl (C=O) groups excluding carboxylic acids is 1. The van der Waals surface area contributed by atoms with Crippen molar-refractivity contribution in [2.24, 2.45) is 11.7 Å². The summed E-state index contributed by atoms with van der Waals surface area (Å²) in [4.78, 5) is 13.6. The number of hydrogen-bond donors (Lipinski definition) is 1. The van der Waals surface area contributed by atoms with Crippen LogP contribution < -0.4 is 5.73 Å². The number of nitrogens with two attached hydrogens (primary N) is 1. The lowest BCUT2D eigenvalue weighted by Crippen LogP contribution is -2.43. The molecular weight excluding hydrogens is 188 g/mol. The molecule has 15 heavy (non-hydrogen) atoms. The van der Waals surface area contributed by atoms with Gasteiger partial charge >= 0.3 is 0 Å². The van der Waals surface area contributed by atoms with E-state index in [0.717, 1.165) is 32.2 Å². The molecule has 3 nitrogen and oxygen atoms in total. The van der Waals surface area contributed by atoms with Crippen molar-refractivity contribution < 1.29 is 4.79 Å². The second-order valence-corrected chi connectivity index (χ2v) is 4.48. The average molecular weight is 214 g/mol. The fraction of sp³-hybridized carbons (Fsp3) is 0.917. The van der Waals surface area contributed by atoms with E-state index in [4.69, 9.17) is 5.73 Å². The molecule has 1 unspecified atom stereocenters. The van der Waals surface area contributed by atoms with Crippen LogP contribution in [0.1, 0.15) is 46.5 Å². The van der Waals surface area contributed by atoms with Gasteiger partial charge in [-0.1, -0.05) is 40.0 Å². The summed E-state index contributed by atoms with van der Waals surface area (Å²) in [5.74, 6) is 0.640. The molecule has 0 aliphatic rings. The normalized spacial score (nSPS) is 14.7. The lowest BCUT2D eigenvalue weighted by molar-refractivity contribution is -0.132. The highest BCUT2D eigenvalue weighted by atomic mass is 16.2. The van der Waals surface area contributed by atoms with Gasteiger partial charge in [0.25, 0.3) is 0 Å². The second-order valence-electron chi connectivity index (χ2n) is 4.48. The van der Waals surface area contributed by atoms with E-state index in [0.29, 0.717) is 5.92 Å². The molecule has 0 aromatic carbocycles. The van der Waals surface area contributed by atoms with E-state index in [1.54, 1.807) is 4.90 Å². The predicted octanol–water partition coefficient (Wildman–Crippen LogP) is 2.01. The first-order valence-electron chi connectivity index (χ1n) is 6.03. The van der Waals surface area contributed by atoms with Crippen molar-refractivity contribution in [3.8, 4) is 0 Å². The summed E-state index contributed by atoms with van der Waals surface area (Å²) >= 11 is 0. The molecule has 0 radical (unpaired) electrons. The maximum atomic E-state index is 11.8. The molecule has 0 aromatic heterocycles. The second kappa shape index (κ2) is 7.69. The van der Waals surface area contributed by atoms with E-state index in [9.17, 15) is 4.79 Å². The number of unbranched alkanes of at least 4 members (excludes halogenated alkanes) is 1. The van der Waals surface area contributed by atoms with Gasteiger partial charge < -0.3 is 10.6 Å². The lowest BCUT2D eigenvalue weighted by atomic mass is 10.1. The number of amides is 1. The topological polar surface area (TPSA) is 46.3 Å². The molecule has 2 atom stereocenters. The minimum atomic E-state index is -0.306. The van der Waals surface area contributed by atoms with Crippen molar-refractivity contribution in [2.45, 2.75) is 52.5 Å². The average Bonchev–Trinajstić information content (AvgIpc) is 2.24. The maximum Gasteiger partial charge on any atom is 0.239 e. The van der Waals surface area contributed by atoms with Gasteiger partial charge in [-0.25, -0.2) is 0 Å². The summed E-state index contributed by atoms with van der Waals surface area (Å²) < 4.78 is 0. The van der Waals surface area contributed by atoms with E-state index in [2.05, 4.69) is 20.8 Å². The van der Waals surface area contributed by atoms with Crippen LogP contribution in [0.2, 0.25) is 0 Å². The first-order valence-corrected chi connectivity index (χ1v) is 6.03. The minimum absolute atomic E-state index is 0.0868. The summed E-state index contributed by atoms with van der Waals surface area (Å²) in [5.41, 5.74) is 5.83. The van der Waals surface area contributed by atoms with E-state index >= 15 is 0 Å². The molecule has 0 spiro atoms. The van der Waals surface area contributed by atoms with Crippen LogP contribution in [0.3, 0.4) is 0 Å². The monoisotopic (exact) mass is 214 g/mol.